The van der Waals surface area contributed by atoms with Gasteiger partial charge in [0.2, 0.25) is 0 Å². The number of hydrogen-bond donors (Lipinski definition) is 0. The first-order chi connectivity index (χ1) is 31.3. The fourth-order valence-corrected chi connectivity index (χ4v) is 11.3. The van der Waals surface area contributed by atoms with Crippen LogP contribution in [0.5, 0.6) is 0 Å². The Hall–Kier alpha value is -8.00. The maximum absolute atomic E-state index is 2.53. The molecule has 0 saturated heterocycles. The van der Waals surface area contributed by atoms with E-state index in [0.717, 1.165) is 5.69 Å². The summed E-state index contributed by atoms with van der Waals surface area (Å²) in [5.41, 5.74) is 22.4. The van der Waals surface area contributed by atoms with Crippen molar-refractivity contribution in [1.82, 2.24) is 4.57 Å². The van der Waals surface area contributed by atoms with Crippen molar-refractivity contribution in [2.75, 3.05) is 0 Å². The van der Waals surface area contributed by atoms with E-state index >= 15 is 0 Å². The smallest absolute Gasteiger partial charge is 0.0734 e. The van der Waals surface area contributed by atoms with Crippen LogP contribution in [0.1, 0.15) is 44.9 Å². The van der Waals surface area contributed by atoms with E-state index in [4.69, 9.17) is 0 Å². The summed E-state index contributed by atoms with van der Waals surface area (Å²) in [6, 6.07) is 90.3. The summed E-state index contributed by atoms with van der Waals surface area (Å²) in [6.07, 6.45) is 0. The Morgan fingerprint density at radius 1 is 0.349 bits per heavy atom. The number of para-hydroxylation sites is 1. The lowest BCUT2D eigenvalue weighted by Gasteiger charge is -2.34. The van der Waals surface area contributed by atoms with E-state index in [1.165, 1.54) is 105 Å². The van der Waals surface area contributed by atoms with Crippen molar-refractivity contribution in [2.45, 2.75) is 11.3 Å². The third-order valence-electron chi connectivity index (χ3n) is 14.0. The number of benzene rings is 10. The van der Waals surface area contributed by atoms with E-state index in [0.29, 0.717) is 0 Å². The summed E-state index contributed by atoms with van der Waals surface area (Å²) < 4.78 is 2.53. The zero-order chi connectivity index (χ0) is 41.5. The van der Waals surface area contributed by atoms with Gasteiger partial charge in [-0.1, -0.05) is 212 Å². The Balaban J connectivity index is 1.03. The minimum absolute atomic E-state index is 0.183. The molecule has 13 rings (SSSR count). The van der Waals surface area contributed by atoms with Gasteiger partial charge in [0.1, 0.15) is 0 Å². The van der Waals surface area contributed by atoms with Crippen LogP contribution in [0, 0.1) is 0 Å². The van der Waals surface area contributed by atoms with Crippen LogP contribution in [0.15, 0.2) is 243 Å². The predicted molar refractivity (Wildman–Crippen MR) is 262 cm³/mol. The van der Waals surface area contributed by atoms with Crippen LogP contribution in [-0.4, -0.2) is 4.57 Å². The second-order valence-corrected chi connectivity index (χ2v) is 17.1. The summed E-state index contributed by atoms with van der Waals surface area (Å²) in [7, 11) is 0. The average molecular weight is 800 g/mol. The van der Waals surface area contributed by atoms with Gasteiger partial charge in [0.05, 0.1) is 16.4 Å². The van der Waals surface area contributed by atoms with Gasteiger partial charge in [-0.2, -0.15) is 0 Å². The summed E-state index contributed by atoms with van der Waals surface area (Å²) >= 11 is 0. The van der Waals surface area contributed by atoms with E-state index in [9.17, 15) is 0 Å². The van der Waals surface area contributed by atoms with E-state index in [-0.39, 0.29) is 5.92 Å². The normalized spacial score (nSPS) is 14.3. The zero-order valence-corrected chi connectivity index (χ0v) is 34.6. The first kappa shape index (κ1) is 35.7. The molecule has 1 nitrogen and oxygen atoms in total. The molecule has 0 fully saturated rings. The predicted octanol–water partition coefficient (Wildman–Crippen LogP) is 15.6. The molecule has 0 radical (unpaired) electrons. The molecule has 2 aliphatic rings. The van der Waals surface area contributed by atoms with Crippen LogP contribution in [0.25, 0.3) is 72.0 Å². The van der Waals surface area contributed by atoms with Crippen molar-refractivity contribution in [3.63, 3.8) is 0 Å². The van der Waals surface area contributed by atoms with Gasteiger partial charge >= 0.3 is 0 Å². The molecule has 0 aliphatic heterocycles. The highest BCUT2D eigenvalue weighted by Crippen LogP contribution is 2.59. The van der Waals surface area contributed by atoms with Crippen LogP contribution >= 0.6 is 0 Å². The Morgan fingerprint density at radius 3 is 1.63 bits per heavy atom. The van der Waals surface area contributed by atoms with Crippen LogP contribution in [0.4, 0.5) is 0 Å². The Kier molecular flexibility index (Phi) is 7.95. The second kappa shape index (κ2) is 14.0. The van der Waals surface area contributed by atoms with Gasteiger partial charge in [0.25, 0.3) is 0 Å². The maximum atomic E-state index is 2.53. The molecule has 1 heteroatoms. The van der Waals surface area contributed by atoms with Gasteiger partial charge in [-0.05, 0) is 108 Å². The summed E-state index contributed by atoms with van der Waals surface area (Å²) in [5, 5.41) is 2.50. The third kappa shape index (κ3) is 5.24. The number of aromatic nitrogens is 1. The lowest BCUT2D eigenvalue weighted by molar-refractivity contribution is 0.772. The Labute approximate surface area is 367 Å². The topological polar surface area (TPSA) is 4.93 Å². The fourth-order valence-electron chi connectivity index (χ4n) is 11.3. The molecule has 0 spiro atoms. The number of fused-ring (bicyclic) bond motifs is 10. The van der Waals surface area contributed by atoms with Gasteiger partial charge < -0.3 is 4.57 Å². The molecule has 1 aromatic heterocycles. The van der Waals surface area contributed by atoms with Crippen molar-refractivity contribution in [1.29, 1.82) is 0 Å². The highest BCUT2D eigenvalue weighted by Gasteiger charge is 2.48. The molecule has 294 valence electrons. The SMILES string of the molecule is c1ccc(-c2ccc(C3c4ccccc4-c4cc(-c5ccc6c(c5)c5ccc7c(c5n6-c5ccccc5)C(c5ccccc5)(c5ccccc5)c5ccccc5-7)ccc43)cc2)cc1. The molecule has 11 aromatic rings. The number of hydrogen-bond acceptors (Lipinski definition) is 0. The molecule has 0 N–H and O–H groups in total. The van der Waals surface area contributed by atoms with Crippen LogP contribution < -0.4 is 0 Å². The largest absolute Gasteiger partial charge is 0.309 e. The summed E-state index contributed by atoms with van der Waals surface area (Å²) in [5.74, 6) is 0.183. The van der Waals surface area contributed by atoms with Crippen LogP contribution in [0.2, 0.25) is 0 Å². The molecule has 2 aliphatic carbocycles. The van der Waals surface area contributed by atoms with Gasteiger partial charge in [0, 0.05) is 27.9 Å². The lowest BCUT2D eigenvalue weighted by atomic mass is 9.67. The molecular formula is C62H41N. The number of rotatable bonds is 6. The van der Waals surface area contributed by atoms with Gasteiger partial charge in [-0.3, -0.25) is 0 Å². The molecule has 10 aromatic carbocycles. The van der Waals surface area contributed by atoms with Crippen LogP contribution in [-0.2, 0) is 5.41 Å². The first-order valence-corrected chi connectivity index (χ1v) is 22.0. The van der Waals surface area contributed by atoms with Gasteiger partial charge in [-0.25, -0.2) is 0 Å². The van der Waals surface area contributed by atoms with E-state index in [1.807, 2.05) is 0 Å². The van der Waals surface area contributed by atoms with Crippen LogP contribution in [0.3, 0.4) is 0 Å². The number of nitrogens with zero attached hydrogens (tertiary/aromatic N) is 1. The fraction of sp³-hybridized carbons (Fsp3) is 0.0323. The van der Waals surface area contributed by atoms with E-state index < -0.39 is 5.41 Å². The highest BCUT2D eigenvalue weighted by molar-refractivity contribution is 6.15. The molecular weight excluding hydrogens is 759 g/mol. The van der Waals surface area contributed by atoms with E-state index in [2.05, 4.69) is 247 Å². The van der Waals surface area contributed by atoms with Crippen molar-refractivity contribution < 1.29 is 0 Å². The molecule has 0 bridgehead atoms. The van der Waals surface area contributed by atoms with Gasteiger partial charge in [0.15, 0.2) is 0 Å². The van der Waals surface area contributed by atoms with Gasteiger partial charge in [-0.15, -0.1) is 0 Å². The monoisotopic (exact) mass is 799 g/mol. The highest BCUT2D eigenvalue weighted by atomic mass is 15.0. The van der Waals surface area contributed by atoms with Crippen molar-refractivity contribution in [3.05, 3.63) is 282 Å². The van der Waals surface area contributed by atoms with Crippen molar-refractivity contribution >= 4 is 21.8 Å². The molecule has 1 unspecified atom stereocenters. The standard InChI is InChI=1S/C62H41N/c1-5-17-41(18-6-1)42-29-31-43(32-30-42)59-51-27-14-13-25-49(51)55-39-44(33-35-52(55)59)45-34-38-58-56(40-45)54-37-36-53-50-26-15-16-28-57(50)62(46-19-7-2-8-20-46,47-21-9-3-10-22-47)60(53)61(54)63(58)48-23-11-4-12-24-48/h1-40,59H. The first-order valence-electron chi connectivity index (χ1n) is 22.0. The van der Waals surface area contributed by atoms with Crippen molar-refractivity contribution in [2.24, 2.45) is 0 Å². The molecule has 0 amide bonds. The quantitative estimate of drug-likeness (QED) is 0.158. The third-order valence-corrected chi connectivity index (χ3v) is 14.0. The maximum Gasteiger partial charge on any atom is 0.0734 e. The lowest BCUT2D eigenvalue weighted by Crippen LogP contribution is -2.29. The molecule has 1 heterocycles. The summed E-state index contributed by atoms with van der Waals surface area (Å²) in [4.78, 5) is 0. The minimum atomic E-state index is -0.538. The minimum Gasteiger partial charge on any atom is -0.309 e. The average Bonchev–Trinajstić information content (AvgIpc) is 3.99. The Bertz CT molecular complexity index is 3490. The molecule has 1 atom stereocenters. The second-order valence-electron chi connectivity index (χ2n) is 17.1. The molecule has 0 saturated carbocycles. The van der Waals surface area contributed by atoms with Crippen molar-refractivity contribution in [3.8, 4) is 50.2 Å². The zero-order valence-electron chi connectivity index (χ0n) is 34.6. The van der Waals surface area contributed by atoms with E-state index in [1.54, 1.807) is 0 Å². The molecule has 63 heavy (non-hydrogen) atoms. The summed E-state index contributed by atoms with van der Waals surface area (Å²) in [6.45, 7) is 0. The Morgan fingerprint density at radius 2 is 0.905 bits per heavy atom.